The predicted molar refractivity (Wildman–Crippen MR) is 133 cm³/mol. The molecule has 0 bridgehead atoms. The molecule has 0 radical (unpaired) electrons. The number of esters is 2. The summed E-state index contributed by atoms with van der Waals surface area (Å²) in [6, 6.07) is 4.36. The van der Waals surface area contributed by atoms with Gasteiger partial charge in [-0.1, -0.05) is 21.0 Å². The topological polar surface area (TPSA) is 175 Å². The molecule has 0 N–H and O–H groups in total. The minimum absolute atomic E-state index is 0.114. The summed E-state index contributed by atoms with van der Waals surface area (Å²) in [5.74, 6) is -2.37. The molecule has 2 aromatic rings. The SMILES string of the molecule is CC(=O)OCC1(C(=O)OCc2ccc([N+](=O)[O-])cc2)CN2C(=O)C(N(C(C)=O)c3nnco3)[C@H]2SC1=CBr. The van der Waals surface area contributed by atoms with Crippen molar-refractivity contribution in [3.05, 3.63) is 56.2 Å². The maximum Gasteiger partial charge on any atom is 0.325 e. The van der Waals surface area contributed by atoms with Crippen LogP contribution in [0.1, 0.15) is 19.4 Å². The number of anilines is 1. The van der Waals surface area contributed by atoms with E-state index in [2.05, 4.69) is 26.1 Å². The van der Waals surface area contributed by atoms with Gasteiger partial charge in [0.2, 0.25) is 18.2 Å². The highest BCUT2D eigenvalue weighted by Gasteiger charge is 2.62. The molecule has 2 fully saturated rings. The number of hydrogen-bond donors (Lipinski definition) is 0. The first-order valence-corrected chi connectivity index (χ1v) is 12.8. The number of β-lactam (4-membered cyclic amide) rings is 1. The summed E-state index contributed by atoms with van der Waals surface area (Å²) in [5, 5.41) is 17.6. The van der Waals surface area contributed by atoms with Gasteiger partial charge in [-0.25, -0.2) is 4.90 Å². The standard InChI is InChI=1S/C22H20BrN5O9S/c1-12(29)27(21-25-24-11-37-21)17-18(31)26-9-22(10-36-13(2)30,16(7-23)38-19(17)26)20(32)35-8-14-3-5-15(6-4-14)28(33)34/h3-7,11,17,19H,8-10H2,1-2H3/t17?,19-,22?/m1/s1. The lowest BCUT2D eigenvalue weighted by Gasteiger charge is -2.56. The highest BCUT2D eigenvalue weighted by molar-refractivity contribution is 9.11. The molecule has 2 aliphatic heterocycles. The van der Waals surface area contributed by atoms with Gasteiger partial charge in [-0.15, -0.1) is 16.9 Å². The molecule has 2 saturated heterocycles. The third kappa shape index (κ3) is 5.00. The van der Waals surface area contributed by atoms with E-state index in [0.717, 1.165) is 23.1 Å². The molecule has 2 unspecified atom stereocenters. The predicted octanol–water partition coefficient (Wildman–Crippen LogP) is 2.14. The Bertz CT molecular complexity index is 1300. The molecule has 38 heavy (non-hydrogen) atoms. The Kier molecular flexibility index (Phi) is 7.82. The van der Waals surface area contributed by atoms with Gasteiger partial charge in [-0.3, -0.25) is 29.3 Å². The minimum Gasteiger partial charge on any atom is -0.464 e. The second-order valence-corrected chi connectivity index (χ2v) is 9.98. The number of nitro benzene ring substituents is 1. The fourth-order valence-electron chi connectivity index (χ4n) is 4.07. The summed E-state index contributed by atoms with van der Waals surface area (Å²) in [6.07, 6.45) is 1.04. The third-order valence-electron chi connectivity index (χ3n) is 5.97. The fraction of sp³-hybridized carbons (Fsp3) is 0.364. The molecule has 3 heterocycles. The van der Waals surface area contributed by atoms with E-state index in [1.165, 1.54) is 48.0 Å². The van der Waals surface area contributed by atoms with Gasteiger partial charge in [-0.05, 0) is 22.7 Å². The van der Waals surface area contributed by atoms with Gasteiger partial charge in [0.1, 0.15) is 18.6 Å². The van der Waals surface area contributed by atoms with Gasteiger partial charge < -0.3 is 18.8 Å². The monoisotopic (exact) mass is 609 g/mol. The van der Waals surface area contributed by atoms with Crippen LogP contribution in [0.15, 0.2) is 45.0 Å². The summed E-state index contributed by atoms with van der Waals surface area (Å²) in [6.45, 7) is 1.63. The average molecular weight is 610 g/mol. The van der Waals surface area contributed by atoms with Crippen LogP contribution >= 0.6 is 27.7 Å². The molecule has 1 aromatic carbocycles. The van der Waals surface area contributed by atoms with Crippen LogP contribution in [0.5, 0.6) is 0 Å². The van der Waals surface area contributed by atoms with Crippen molar-refractivity contribution in [3.63, 3.8) is 0 Å². The van der Waals surface area contributed by atoms with E-state index in [-0.39, 0.29) is 24.9 Å². The van der Waals surface area contributed by atoms with Crippen LogP contribution in [-0.4, -0.2) is 68.3 Å². The lowest BCUT2D eigenvalue weighted by Crippen LogP contribution is -2.74. The van der Waals surface area contributed by atoms with Crippen molar-refractivity contribution in [2.75, 3.05) is 18.1 Å². The normalized spacial score (nSPS) is 23.3. The lowest BCUT2D eigenvalue weighted by atomic mass is 9.85. The van der Waals surface area contributed by atoms with Crippen molar-refractivity contribution in [1.29, 1.82) is 0 Å². The fourth-order valence-corrected chi connectivity index (χ4v) is 6.25. The molecular weight excluding hydrogens is 590 g/mol. The molecule has 200 valence electrons. The maximum atomic E-state index is 13.5. The number of carbonyl (C=O) groups is 4. The molecule has 0 aliphatic carbocycles. The lowest BCUT2D eigenvalue weighted by molar-refractivity contribution is -0.384. The van der Waals surface area contributed by atoms with Gasteiger partial charge >= 0.3 is 18.0 Å². The molecular formula is C22H20BrN5O9S. The van der Waals surface area contributed by atoms with Gasteiger partial charge in [0.25, 0.3) is 5.69 Å². The van der Waals surface area contributed by atoms with Gasteiger partial charge in [-0.2, -0.15) is 0 Å². The van der Waals surface area contributed by atoms with Crippen LogP contribution in [0.25, 0.3) is 0 Å². The summed E-state index contributed by atoms with van der Waals surface area (Å²) in [4.78, 5) is 65.5. The average Bonchev–Trinajstić information content (AvgIpc) is 3.42. The Labute approximate surface area is 227 Å². The quantitative estimate of drug-likeness (QED) is 0.185. The number of amides is 2. The molecule has 0 saturated carbocycles. The Morgan fingerprint density at radius 3 is 2.58 bits per heavy atom. The molecule has 16 heteroatoms. The number of hydrogen-bond acceptors (Lipinski definition) is 12. The van der Waals surface area contributed by atoms with Crippen LogP contribution in [0, 0.1) is 15.5 Å². The third-order valence-corrected chi connectivity index (χ3v) is 8.25. The van der Waals surface area contributed by atoms with Crippen LogP contribution < -0.4 is 4.90 Å². The summed E-state index contributed by atoms with van der Waals surface area (Å²) in [5.41, 5.74) is -1.19. The number of thioether (sulfide) groups is 1. The van der Waals surface area contributed by atoms with Crippen molar-refractivity contribution >= 4 is 63.1 Å². The van der Waals surface area contributed by atoms with Crippen molar-refractivity contribution < 1.29 is 38.0 Å². The minimum atomic E-state index is -1.57. The maximum absolute atomic E-state index is 13.5. The van der Waals surface area contributed by atoms with Gasteiger partial charge in [0.15, 0.2) is 11.5 Å². The second kappa shape index (κ2) is 10.9. The van der Waals surface area contributed by atoms with Crippen molar-refractivity contribution in [1.82, 2.24) is 15.1 Å². The van der Waals surface area contributed by atoms with E-state index in [4.69, 9.17) is 13.9 Å². The number of aromatic nitrogens is 2. The first kappa shape index (κ1) is 27.3. The molecule has 4 rings (SSSR count). The van der Waals surface area contributed by atoms with Crippen LogP contribution in [0.4, 0.5) is 11.7 Å². The number of carbonyl (C=O) groups excluding carboxylic acids is 4. The van der Waals surface area contributed by atoms with Crippen LogP contribution in [0.2, 0.25) is 0 Å². The number of ether oxygens (including phenoxy) is 2. The number of nitro groups is 1. The summed E-state index contributed by atoms with van der Waals surface area (Å²) < 4.78 is 15.9. The van der Waals surface area contributed by atoms with Gasteiger partial charge in [0, 0.05) is 37.4 Å². The first-order chi connectivity index (χ1) is 18.1. The van der Waals surface area contributed by atoms with Crippen molar-refractivity contribution in [2.24, 2.45) is 5.41 Å². The Hall–Kier alpha value is -3.79. The van der Waals surface area contributed by atoms with Crippen LogP contribution in [0.3, 0.4) is 0 Å². The van der Waals surface area contributed by atoms with Crippen molar-refractivity contribution in [3.8, 4) is 0 Å². The smallest absolute Gasteiger partial charge is 0.325 e. The first-order valence-electron chi connectivity index (χ1n) is 11.0. The molecule has 2 aliphatic rings. The summed E-state index contributed by atoms with van der Waals surface area (Å²) in [7, 11) is 0. The zero-order chi connectivity index (χ0) is 27.6. The van der Waals surface area contributed by atoms with Crippen molar-refractivity contribution in [2.45, 2.75) is 31.9 Å². The summed E-state index contributed by atoms with van der Waals surface area (Å²) >= 11 is 4.39. The Balaban J connectivity index is 1.58. The number of non-ortho nitro benzene ring substituents is 1. The molecule has 0 spiro atoms. The van der Waals surface area contributed by atoms with E-state index < -0.39 is 52.1 Å². The molecule has 14 nitrogen and oxygen atoms in total. The number of halogens is 1. The second-order valence-electron chi connectivity index (χ2n) is 8.37. The Morgan fingerprint density at radius 2 is 2.03 bits per heavy atom. The highest BCUT2D eigenvalue weighted by Crippen LogP contribution is 2.52. The zero-order valence-corrected chi connectivity index (χ0v) is 22.3. The number of nitrogens with zero attached hydrogens (tertiary/aromatic N) is 5. The van der Waals surface area contributed by atoms with E-state index >= 15 is 0 Å². The molecule has 2 amide bonds. The number of rotatable bonds is 8. The van der Waals surface area contributed by atoms with E-state index in [0.29, 0.717) is 10.5 Å². The van der Waals surface area contributed by atoms with E-state index in [1.54, 1.807) is 0 Å². The number of benzene rings is 1. The van der Waals surface area contributed by atoms with Gasteiger partial charge in [0.05, 0.1) is 4.92 Å². The largest absolute Gasteiger partial charge is 0.464 e. The number of fused-ring (bicyclic) bond motifs is 1. The Morgan fingerprint density at radius 1 is 1.32 bits per heavy atom. The highest BCUT2D eigenvalue weighted by atomic mass is 79.9. The zero-order valence-electron chi connectivity index (χ0n) is 19.9. The van der Waals surface area contributed by atoms with E-state index in [9.17, 15) is 29.3 Å². The van der Waals surface area contributed by atoms with Crippen LogP contribution in [-0.2, 0) is 35.3 Å². The molecule has 1 aromatic heterocycles. The molecule has 3 atom stereocenters. The van der Waals surface area contributed by atoms with E-state index in [1.807, 2.05) is 0 Å².